The number of hydrogen-bond donors (Lipinski definition) is 0. The molecule has 90 valence electrons. The van der Waals surface area contributed by atoms with Crippen LogP contribution in [0.5, 0.6) is 0 Å². The molecule has 0 aromatic heterocycles. The molecule has 0 bridgehead atoms. The van der Waals surface area contributed by atoms with Crippen molar-refractivity contribution in [3.05, 3.63) is 29.8 Å². The van der Waals surface area contributed by atoms with Gasteiger partial charge in [0, 0.05) is 24.8 Å². The van der Waals surface area contributed by atoms with Crippen LogP contribution >= 0.6 is 0 Å². The highest BCUT2D eigenvalue weighted by Crippen LogP contribution is 2.21. The summed E-state index contributed by atoms with van der Waals surface area (Å²) in [6, 6.07) is 10.6. The Hall–Kier alpha value is -1.53. The summed E-state index contributed by atoms with van der Waals surface area (Å²) < 4.78 is 0. The van der Waals surface area contributed by atoms with Crippen LogP contribution < -0.4 is 4.90 Å². The van der Waals surface area contributed by atoms with Crippen LogP contribution in [0, 0.1) is 11.3 Å². The molecule has 1 atom stereocenters. The summed E-state index contributed by atoms with van der Waals surface area (Å²) in [6.07, 6.45) is 1.18. The molecule has 3 nitrogen and oxygen atoms in total. The zero-order valence-electron chi connectivity index (χ0n) is 10.6. The molecule has 0 radical (unpaired) electrons. The van der Waals surface area contributed by atoms with Crippen LogP contribution in [-0.2, 0) is 0 Å². The van der Waals surface area contributed by atoms with Crippen LogP contribution in [0.2, 0.25) is 0 Å². The molecule has 0 spiro atoms. The summed E-state index contributed by atoms with van der Waals surface area (Å²) in [5.74, 6) is 0. The van der Waals surface area contributed by atoms with Crippen LogP contribution in [0.25, 0.3) is 0 Å². The maximum absolute atomic E-state index is 8.95. The summed E-state index contributed by atoms with van der Waals surface area (Å²) in [5, 5.41) is 8.95. The van der Waals surface area contributed by atoms with Crippen molar-refractivity contribution in [1.82, 2.24) is 4.90 Å². The van der Waals surface area contributed by atoms with E-state index in [-0.39, 0.29) is 0 Å². The molecule has 1 aliphatic rings. The van der Waals surface area contributed by atoms with Crippen molar-refractivity contribution in [2.45, 2.75) is 19.4 Å². The number of nitrogens with zero attached hydrogens (tertiary/aromatic N) is 3. The molecule has 1 aromatic carbocycles. The molecule has 0 saturated carbocycles. The molecule has 0 amide bonds. The minimum absolute atomic E-state index is 0.497. The largest absolute Gasteiger partial charge is 0.367 e. The third-order valence-electron chi connectivity index (χ3n) is 3.35. The van der Waals surface area contributed by atoms with Gasteiger partial charge < -0.3 is 9.80 Å². The van der Waals surface area contributed by atoms with Gasteiger partial charge in [-0.15, -0.1) is 0 Å². The lowest BCUT2D eigenvalue weighted by atomic mass is 10.1. The fraction of sp³-hybridized carbons (Fsp3) is 0.500. The van der Waals surface area contributed by atoms with Crippen molar-refractivity contribution in [3.63, 3.8) is 0 Å². The van der Waals surface area contributed by atoms with Crippen molar-refractivity contribution in [3.8, 4) is 6.07 Å². The van der Waals surface area contributed by atoms with Gasteiger partial charge in [0.1, 0.15) is 0 Å². The van der Waals surface area contributed by atoms with Crippen molar-refractivity contribution >= 4 is 5.69 Å². The van der Waals surface area contributed by atoms with Crippen LogP contribution in [-0.4, -0.2) is 37.6 Å². The van der Waals surface area contributed by atoms with E-state index in [1.807, 2.05) is 18.2 Å². The SMILES string of the molecule is CC1CN(C)CCCN1c1cccc(C#N)c1. The topological polar surface area (TPSA) is 30.3 Å². The van der Waals surface area contributed by atoms with Gasteiger partial charge in [0.05, 0.1) is 11.6 Å². The molecule has 0 N–H and O–H groups in total. The van der Waals surface area contributed by atoms with E-state index < -0.39 is 0 Å². The van der Waals surface area contributed by atoms with Gasteiger partial charge >= 0.3 is 0 Å². The Labute approximate surface area is 103 Å². The highest BCUT2D eigenvalue weighted by Gasteiger charge is 2.19. The Bertz CT molecular complexity index is 422. The van der Waals surface area contributed by atoms with Crippen molar-refractivity contribution in [2.24, 2.45) is 0 Å². The number of benzene rings is 1. The summed E-state index contributed by atoms with van der Waals surface area (Å²) >= 11 is 0. The molecular formula is C14H19N3. The van der Waals surface area contributed by atoms with Crippen LogP contribution in [0.15, 0.2) is 24.3 Å². The number of anilines is 1. The third-order valence-corrected chi connectivity index (χ3v) is 3.35. The molecular weight excluding hydrogens is 210 g/mol. The standard InChI is InChI=1S/C14H19N3/c1-12-11-16(2)7-4-8-17(12)14-6-3-5-13(9-14)10-15/h3,5-6,9,12H,4,7-8,11H2,1-2H3. The molecule has 1 aromatic rings. The lowest BCUT2D eigenvalue weighted by Gasteiger charge is -2.30. The van der Waals surface area contributed by atoms with Gasteiger partial charge in [-0.25, -0.2) is 0 Å². The number of likely N-dealkylation sites (N-methyl/N-ethyl adjacent to an activating group) is 1. The Morgan fingerprint density at radius 3 is 2.94 bits per heavy atom. The fourth-order valence-corrected chi connectivity index (χ4v) is 2.51. The maximum Gasteiger partial charge on any atom is 0.0992 e. The smallest absolute Gasteiger partial charge is 0.0992 e. The number of rotatable bonds is 1. The lowest BCUT2D eigenvalue weighted by Crippen LogP contribution is -2.37. The molecule has 1 heterocycles. The predicted octanol–water partition coefficient (Wildman–Crippen LogP) is 2.09. The Morgan fingerprint density at radius 2 is 2.18 bits per heavy atom. The zero-order valence-corrected chi connectivity index (χ0v) is 10.6. The highest BCUT2D eigenvalue weighted by atomic mass is 15.2. The molecule has 1 fully saturated rings. The number of hydrogen-bond acceptors (Lipinski definition) is 3. The van der Waals surface area contributed by atoms with E-state index in [0.29, 0.717) is 6.04 Å². The van der Waals surface area contributed by atoms with E-state index in [9.17, 15) is 0 Å². The van der Waals surface area contributed by atoms with Crippen LogP contribution in [0.3, 0.4) is 0 Å². The first-order valence-electron chi connectivity index (χ1n) is 6.16. The first-order valence-corrected chi connectivity index (χ1v) is 6.16. The van der Waals surface area contributed by atoms with Crippen LogP contribution in [0.4, 0.5) is 5.69 Å². The summed E-state index contributed by atoms with van der Waals surface area (Å²) in [7, 11) is 2.17. The van der Waals surface area contributed by atoms with Gasteiger partial charge in [-0.2, -0.15) is 5.26 Å². The van der Waals surface area contributed by atoms with Gasteiger partial charge in [-0.1, -0.05) is 6.07 Å². The van der Waals surface area contributed by atoms with E-state index in [4.69, 9.17) is 5.26 Å². The maximum atomic E-state index is 8.95. The monoisotopic (exact) mass is 229 g/mol. The number of nitriles is 1. The average Bonchev–Trinajstić information content (AvgIpc) is 2.50. The second-order valence-electron chi connectivity index (χ2n) is 4.82. The Kier molecular flexibility index (Phi) is 3.65. The van der Waals surface area contributed by atoms with Gasteiger partial charge in [-0.3, -0.25) is 0 Å². The van der Waals surface area contributed by atoms with Crippen molar-refractivity contribution in [1.29, 1.82) is 5.26 Å². The Morgan fingerprint density at radius 1 is 1.35 bits per heavy atom. The summed E-state index contributed by atoms with van der Waals surface area (Å²) in [5.41, 5.74) is 1.92. The van der Waals surface area contributed by atoms with Crippen molar-refractivity contribution in [2.75, 3.05) is 31.6 Å². The lowest BCUT2D eigenvalue weighted by molar-refractivity contribution is 0.337. The quantitative estimate of drug-likeness (QED) is 0.738. The minimum atomic E-state index is 0.497. The third kappa shape index (κ3) is 2.78. The van der Waals surface area contributed by atoms with E-state index in [1.54, 1.807) is 0 Å². The van der Waals surface area contributed by atoms with Gasteiger partial charge in [0.2, 0.25) is 0 Å². The fourth-order valence-electron chi connectivity index (χ4n) is 2.51. The molecule has 17 heavy (non-hydrogen) atoms. The molecule has 1 saturated heterocycles. The van der Waals surface area contributed by atoms with Gasteiger partial charge in [-0.05, 0) is 45.1 Å². The van der Waals surface area contributed by atoms with Gasteiger partial charge in [0.15, 0.2) is 0 Å². The van der Waals surface area contributed by atoms with Crippen LogP contribution in [0.1, 0.15) is 18.9 Å². The van der Waals surface area contributed by atoms with E-state index >= 15 is 0 Å². The predicted molar refractivity (Wildman–Crippen MR) is 70.1 cm³/mol. The zero-order chi connectivity index (χ0) is 12.3. The molecule has 1 unspecified atom stereocenters. The second-order valence-corrected chi connectivity index (χ2v) is 4.82. The molecule has 1 aliphatic heterocycles. The van der Waals surface area contributed by atoms with Crippen molar-refractivity contribution < 1.29 is 0 Å². The highest BCUT2D eigenvalue weighted by molar-refractivity contribution is 5.52. The second kappa shape index (κ2) is 5.20. The van der Waals surface area contributed by atoms with E-state index in [2.05, 4.69) is 35.9 Å². The first-order chi connectivity index (χ1) is 8.20. The normalized spacial score (nSPS) is 21.9. The molecule has 2 rings (SSSR count). The minimum Gasteiger partial charge on any atom is -0.367 e. The van der Waals surface area contributed by atoms with E-state index in [1.165, 1.54) is 12.1 Å². The first kappa shape index (κ1) is 11.9. The average molecular weight is 229 g/mol. The molecule has 0 aliphatic carbocycles. The molecule has 3 heteroatoms. The van der Waals surface area contributed by atoms with E-state index in [0.717, 1.165) is 25.2 Å². The summed E-state index contributed by atoms with van der Waals surface area (Å²) in [4.78, 5) is 4.78. The van der Waals surface area contributed by atoms with Gasteiger partial charge in [0.25, 0.3) is 0 Å². The Balaban J connectivity index is 2.22. The summed E-state index contributed by atoms with van der Waals surface area (Å²) in [6.45, 7) is 5.55.